The first-order valence-corrected chi connectivity index (χ1v) is 9.36. The molecule has 3 aromatic rings. The number of carbonyl (C=O) groups is 1. The van der Waals surface area contributed by atoms with Crippen LogP contribution in [-0.4, -0.2) is 15.9 Å². The number of nitrogens with one attached hydrogen (secondary N) is 1. The molecule has 6 nitrogen and oxygen atoms in total. The van der Waals surface area contributed by atoms with Crippen molar-refractivity contribution in [3.63, 3.8) is 0 Å². The van der Waals surface area contributed by atoms with E-state index in [1.54, 1.807) is 0 Å². The monoisotopic (exact) mass is 578 g/mol. The second-order valence-electron chi connectivity index (χ2n) is 5.12. The third-order valence-corrected chi connectivity index (χ3v) is 6.06. The number of H-pyrrole nitrogens is 1. The van der Waals surface area contributed by atoms with Gasteiger partial charge in [-0.25, -0.2) is 22.5 Å². The number of nitrogens with zero attached hydrogens (tertiary/aromatic N) is 1. The Kier molecular flexibility index (Phi) is 7.14. The van der Waals surface area contributed by atoms with Crippen LogP contribution >= 0.6 is 55.1 Å². The highest BCUT2D eigenvalue weighted by molar-refractivity contribution is 9.10. The maximum Gasteiger partial charge on any atom is 0.261 e. The number of rotatable bonds is 1. The van der Waals surface area contributed by atoms with Crippen LogP contribution in [0.2, 0.25) is 10.0 Å². The molecule has 0 bridgehead atoms. The van der Waals surface area contributed by atoms with E-state index in [2.05, 4.69) is 41.8 Å². The number of aromatic amines is 1. The van der Waals surface area contributed by atoms with E-state index in [4.69, 9.17) is 34.7 Å². The zero-order chi connectivity index (χ0) is 22.2. The number of hydrogen-bond donors (Lipinski definition) is 3. The molecule has 0 unspecified atom stereocenters. The SMILES string of the molecule is NC(=O)c1c(N)c(F)c(Br)c(Cl)c1F.O=c1[nH]cnc2c(F)c(Br)c(Cl)c(F)c12. The van der Waals surface area contributed by atoms with Crippen LogP contribution in [0.5, 0.6) is 0 Å². The molecule has 1 heterocycles. The smallest absolute Gasteiger partial charge is 0.261 e. The van der Waals surface area contributed by atoms with Gasteiger partial charge in [0.2, 0.25) is 0 Å². The lowest BCUT2D eigenvalue weighted by atomic mass is 10.1. The van der Waals surface area contributed by atoms with E-state index in [0.29, 0.717) is 0 Å². The number of anilines is 1. The van der Waals surface area contributed by atoms with Crippen molar-refractivity contribution in [3.8, 4) is 0 Å². The fourth-order valence-corrected chi connectivity index (χ4v) is 3.17. The molecule has 0 atom stereocenters. The normalized spacial score (nSPS) is 10.6. The van der Waals surface area contributed by atoms with Gasteiger partial charge in [0.1, 0.15) is 16.5 Å². The Hall–Kier alpha value is -1.89. The number of halogens is 8. The molecule has 29 heavy (non-hydrogen) atoms. The maximum absolute atomic E-state index is 13.5. The van der Waals surface area contributed by atoms with Crippen LogP contribution in [0.1, 0.15) is 10.4 Å². The van der Waals surface area contributed by atoms with E-state index in [-0.39, 0.29) is 14.5 Å². The van der Waals surface area contributed by atoms with Crippen LogP contribution in [-0.2, 0) is 0 Å². The Balaban J connectivity index is 0.000000208. The standard InChI is InChI=1S/C8H2BrClF2N2O.C7H4BrClF2N2O/c9-3-4(10)5(11)2-7(6(3)12)13-1-14-8(2)15;8-2-3(9)4(10)1(7(13)14)6(12)5(2)11/h1H,(H,13,14,15);12H2,(H2,13,14). The highest BCUT2D eigenvalue weighted by Gasteiger charge is 2.23. The first-order valence-electron chi connectivity index (χ1n) is 7.02. The first-order chi connectivity index (χ1) is 13.4. The van der Waals surface area contributed by atoms with Gasteiger partial charge in [0, 0.05) is 0 Å². The van der Waals surface area contributed by atoms with Crippen LogP contribution in [0, 0.1) is 23.3 Å². The number of benzene rings is 2. The zero-order valence-corrected chi connectivity index (χ0v) is 18.2. The van der Waals surface area contributed by atoms with Crippen molar-refractivity contribution in [1.29, 1.82) is 0 Å². The molecule has 2 aromatic carbocycles. The molecular formula is C15H6Br2Cl2F4N4O2. The average molecular weight is 581 g/mol. The van der Waals surface area contributed by atoms with E-state index in [1.165, 1.54) is 0 Å². The van der Waals surface area contributed by atoms with Crippen LogP contribution < -0.4 is 17.0 Å². The fourth-order valence-electron chi connectivity index (χ4n) is 2.07. The quantitative estimate of drug-likeness (QED) is 0.168. The van der Waals surface area contributed by atoms with Crippen molar-refractivity contribution < 1.29 is 22.4 Å². The third kappa shape index (κ3) is 4.20. The summed E-state index contributed by atoms with van der Waals surface area (Å²) in [5.74, 6) is -5.17. The van der Waals surface area contributed by atoms with Gasteiger partial charge in [-0.1, -0.05) is 23.2 Å². The molecular weight excluding hydrogens is 575 g/mol. The molecule has 3 rings (SSSR count). The number of aromatic nitrogens is 2. The molecule has 0 aliphatic carbocycles. The molecule has 0 spiro atoms. The summed E-state index contributed by atoms with van der Waals surface area (Å²) in [5, 5.41) is -1.52. The summed E-state index contributed by atoms with van der Waals surface area (Å²) in [4.78, 5) is 27.6. The molecule has 0 radical (unpaired) electrons. The molecule has 1 aromatic heterocycles. The van der Waals surface area contributed by atoms with Gasteiger partial charge in [-0.2, -0.15) is 0 Å². The van der Waals surface area contributed by atoms with E-state index in [9.17, 15) is 27.2 Å². The van der Waals surface area contributed by atoms with Gasteiger partial charge >= 0.3 is 0 Å². The molecule has 0 aliphatic rings. The van der Waals surface area contributed by atoms with Gasteiger partial charge in [0.25, 0.3) is 11.5 Å². The Morgan fingerprint density at radius 2 is 1.52 bits per heavy atom. The van der Waals surface area contributed by atoms with Gasteiger partial charge in [-0.05, 0) is 31.9 Å². The molecule has 14 heteroatoms. The first kappa shape index (κ1) is 23.4. The third-order valence-electron chi connectivity index (χ3n) is 3.41. The van der Waals surface area contributed by atoms with Crippen molar-refractivity contribution in [2.75, 3.05) is 5.73 Å². The van der Waals surface area contributed by atoms with Gasteiger partial charge in [0.05, 0.1) is 31.0 Å². The summed E-state index contributed by atoms with van der Waals surface area (Å²) in [6, 6.07) is 0. The van der Waals surface area contributed by atoms with Crippen LogP contribution in [0.15, 0.2) is 20.1 Å². The van der Waals surface area contributed by atoms with E-state index < -0.39 is 61.4 Å². The minimum absolute atomic E-state index is 0.243. The lowest BCUT2D eigenvalue weighted by molar-refractivity contribution is 0.0997. The molecule has 5 N–H and O–H groups in total. The van der Waals surface area contributed by atoms with Gasteiger partial charge in [0.15, 0.2) is 23.3 Å². The van der Waals surface area contributed by atoms with Gasteiger partial charge in [-0.3, -0.25) is 9.59 Å². The van der Waals surface area contributed by atoms with Gasteiger partial charge < -0.3 is 16.5 Å². The Morgan fingerprint density at radius 1 is 1.00 bits per heavy atom. The molecule has 0 saturated carbocycles. The van der Waals surface area contributed by atoms with E-state index >= 15 is 0 Å². The molecule has 1 amide bonds. The van der Waals surface area contributed by atoms with Crippen LogP contribution in [0.4, 0.5) is 23.2 Å². The topological polar surface area (TPSA) is 115 Å². The lowest BCUT2D eigenvalue weighted by Crippen LogP contribution is -2.17. The Labute approximate surface area is 185 Å². The second-order valence-corrected chi connectivity index (χ2v) is 7.46. The van der Waals surface area contributed by atoms with Gasteiger partial charge in [-0.15, -0.1) is 0 Å². The number of nitrogen functional groups attached to an aromatic ring is 1. The second kappa shape index (κ2) is 8.86. The molecule has 154 valence electrons. The lowest BCUT2D eigenvalue weighted by Gasteiger charge is -2.08. The minimum Gasteiger partial charge on any atom is -0.396 e. The Bertz CT molecular complexity index is 1190. The Morgan fingerprint density at radius 3 is 2.07 bits per heavy atom. The predicted octanol–water partition coefficient (Wildman–Crippen LogP) is 4.68. The maximum atomic E-state index is 13.5. The number of hydrogen-bond acceptors (Lipinski definition) is 4. The number of carbonyl (C=O) groups excluding carboxylic acids is 1. The average Bonchev–Trinajstić information content (AvgIpc) is 2.67. The van der Waals surface area contributed by atoms with E-state index in [1.807, 2.05) is 0 Å². The molecule has 0 fully saturated rings. The van der Waals surface area contributed by atoms with Crippen molar-refractivity contribution >= 4 is 77.6 Å². The van der Waals surface area contributed by atoms with Crippen molar-refractivity contribution in [2.45, 2.75) is 0 Å². The minimum atomic E-state index is -1.17. The number of fused-ring (bicyclic) bond motifs is 1. The number of nitrogens with two attached hydrogens (primary N) is 2. The summed E-state index contributed by atoms with van der Waals surface area (Å²) < 4.78 is 52.8. The summed E-state index contributed by atoms with van der Waals surface area (Å²) >= 11 is 16.3. The highest BCUT2D eigenvalue weighted by Crippen LogP contribution is 2.35. The van der Waals surface area contributed by atoms with E-state index in [0.717, 1.165) is 6.33 Å². The van der Waals surface area contributed by atoms with Crippen molar-refractivity contribution in [3.05, 3.63) is 64.5 Å². The van der Waals surface area contributed by atoms with Crippen molar-refractivity contribution in [2.24, 2.45) is 5.73 Å². The van der Waals surface area contributed by atoms with Crippen LogP contribution in [0.25, 0.3) is 10.9 Å². The number of amides is 1. The largest absolute Gasteiger partial charge is 0.396 e. The van der Waals surface area contributed by atoms with Crippen LogP contribution in [0.3, 0.4) is 0 Å². The predicted molar refractivity (Wildman–Crippen MR) is 107 cm³/mol. The summed E-state index contributed by atoms with van der Waals surface area (Å²) in [6.07, 6.45) is 0.994. The number of primary amides is 1. The summed E-state index contributed by atoms with van der Waals surface area (Å²) in [5.41, 5.74) is 7.43. The summed E-state index contributed by atoms with van der Waals surface area (Å²) in [7, 11) is 0. The fraction of sp³-hybridized carbons (Fsp3) is 0. The molecule has 0 aliphatic heterocycles. The van der Waals surface area contributed by atoms with Crippen molar-refractivity contribution in [1.82, 2.24) is 9.97 Å². The highest BCUT2D eigenvalue weighted by atomic mass is 79.9. The molecule has 0 saturated heterocycles. The summed E-state index contributed by atoms with van der Waals surface area (Å²) in [6.45, 7) is 0. The zero-order valence-electron chi connectivity index (χ0n) is 13.5.